The van der Waals surface area contributed by atoms with E-state index in [1.165, 1.54) is 43.5 Å². The van der Waals surface area contributed by atoms with Gasteiger partial charge in [0.25, 0.3) is 0 Å². The summed E-state index contributed by atoms with van der Waals surface area (Å²) in [6, 6.07) is 17.9. The van der Waals surface area contributed by atoms with Gasteiger partial charge in [0.2, 0.25) is 0 Å². The number of rotatable bonds is 8. The van der Waals surface area contributed by atoms with Crippen LogP contribution in [0.5, 0.6) is 17.2 Å². The van der Waals surface area contributed by atoms with Gasteiger partial charge < -0.3 is 14.2 Å². The molecule has 2 unspecified atom stereocenters. The molecule has 164 valence electrons. The van der Waals surface area contributed by atoms with Gasteiger partial charge >= 0.3 is 6.18 Å². The molecular weight excluding hydrogens is 436 g/mol. The van der Waals surface area contributed by atoms with Crippen LogP contribution in [0.3, 0.4) is 0 Å². The van der Waals surface area contributed by atoms with Crippen LogP contribution in [-0.4, -0.2) is 18.8 Å². The molecule has 0 heterocycles. The molecule has 0 aromatic heterocycles. The molecular formula is C23H19ClF4O3. The molecule has 0 amide bonds. The molecule has 31 heavy (non-hydrogen) atoms. The lowest BCUT2D eigenvalue weighted by Crippen LogP contribution is -2.30. The molecule has 3 rings (SSSR count). The molecule has 8 heteroatoms. The Kier molecular flexibility index (Phi) is 7.41. The van der Waals surface area contributed by atoms with Gasteiger partial charge in [0, 0.05) is 0 Å². The Morgan fingerprint density at radius 3 is 2.19 bits per heavy atom. The van der Waals surface area contributed by atoms with Gasteiger partial charge in [0.15, 0.2) is 11.6 Å². The lowest BCUT2D eigenvalue weighted by atomic mass is 9.99. The van der Waals surface area contributed by atoms with E-state index in [4.69, 9.17) is 25.8 Å². The van der Waals surface area contributed by atoms with E-state index in [9.17, 15) is 17.6 Å². The maximum atomic E-state index is 14.1. The maximum absolute atomic E-state index is 14.1. The van der Waals surface area contributed by atoms with Crippen molar-refractivity contribution >= 4 is 11.6 Å². The van der Waals surface area contributed by atoms with Gasteiger partial charge in [-0.3, -0.25) is 0 Å². The topological polar surface area (TPSA) is 27.7 Å². The van der Waals surface area contributed by atoms with Crippen LogP contribution >= 0.6 is 11.6 Å². The van der Waals surface area contributed by atoms with Gasteiger partial charge in [-0.05, 0) is 47.5 Å². The van der Waals surface area contributed by atoms with Gasteiger partial charge in [0.1, 0.15) is 23.0 Å². The zero-order valence-corrected chi connectivity index (χ0v) is 17.2. The number of methoxy groups -OCH3 is 1. The highest BCUT2D eigenvalue weighted by molar-refractivity contribution is 6.20. The molecule has 0 saturated heterocycles. The highest BCUT2D eigenvalue weighted by atomic mass is 35.5. The Balaban J connectivity index is 1.73. The first kappa shape index (κ1) is 22.9. The fraction of sp³-hybridized carbons (Fsp3) is 0.217. The fourth-order valence-corrected chi connectivity index (χ4v) is 3.25. The van der Waals surface area contributed by atoms with Crippen molar-refractivity contribution in [1.29, 1.82) is 0 Å². The van der Waals surface area contributed by atoms with Gasteiger partial charge in [-0.2, -0.15) is 13.2 Å². The monoisotopic (exact) mass is 454 g/mol. The van der Waals surface area contributed by atoms with E-state index < -0.39 is 23.5 Å². The molecule has 0 saturated carbocycles. The van der Waals surface area contributed by atoms with Crippen molar-refractivity contribution in [3.05, 3.63) is 89.7 Å². The summed E-state index contributed by atoms with van der Waals surface area (Å²) < 4.78 is 70.8. The number of hydrogen-bond acceptors (Lipinski definition) is 3. The molecule has 0 bridgehead atoms. The first-order chi connectivity index (χ1) is 14.8. The number of benzene rings is 3. The quantitative estimate of drug-likeness (QED) is 0.269. The number of ether oxygens (including phenoxy) is 3. The molecule has 0 N–H and O–H groups in total. The number of halogens is 5. The summed E-state index contributed by atoms with van der Waals surface area (Å²) in [7, 11) is 1.42. The molecule has 0 radical (unpaired) electrons. The van der Waals surface area contributed by atoms with Crippen molar-refractivity contribution in [3.63, 3.8) is 0 Å². The van der Waals surface area contributed by atoms with Crippen LogP contribution in [0.25, 0.3) is 0 Å². The molecule has 3 aromatic rings. The van der Waals surface area contributed by atoms with Crippen molar-refractivity contribution in [3.8, 4) is 17.2 Å². The lowest BCUT2D eigenvalue weighted by molar-refractivity contribution is -0.169. The number of alkyl halides is 4. The Hall–Kier alpha value is -2.77. The zero-order valence-electron chi connectivity index (χ0n) is 16.4. The van der Waals surface area contributed by atoms with E-state index in [1.807, 2.05) is 0 Å². The number of para-hydroxylation sites is 1. The van der Waals surface area contributed by atoms with Crippen LogP contribution in [0.1, 0.15) is 17.0 Å². The normalized spacial score (nSPS) is 13.5. The predicted molar refractivity (Wildman–Crippen MR) is 109 cm³/mol. The summed E-state index contributed by atoms with van der Waals surface area (Å²) in [5.74, 6) is -1.89. The van der Waals surface area contributed by atoms with Gasteiger partial charge in [0.05, 0.1) is 13.7 Å². The third-order valence-electron chi connectivity index (χ3n) is 4.47. The van der Waals surface area contributed by atoms with Crippen molar-refractivity contribution in [2.24, 2.45) is 0 Å². The van der Waals surface area contributed by atoms with Crippen LogP contribution < -0.4 is 9.47 Å². The summed E-state index contributed by atoms with van der Waals surface area (Å²) in [6.45, 7) is -0.262. The van der Waals surface area contributed by atoms with E-state index >= 15 is 0 Å². The third-order valence-corrected chi connectivity index (χ3v) is 4.84. The highest BCUT2D eigenvalue weighted by Gasteiger charge is 2.46. The van der Waals surface area contributed by atoms with Crippen LogP contribution in [0, 0.1) is 5.82 Å². The van der Waals surface area contributed by atoms with Crippen LogP contribution in [0.15, 0.2) is 72.8 Å². The van der Waals surface area contributed by atoms with E-state index in [-0.39, 0.29) is 17.9 Å². The predicted octanol–water partition coefficient (Wildman–Crippen LogP) is 7.05. The van der Waals surface area contributed by atoms with Crippen molar-refractivity contribution < 1.29 is 31.8 Å². The zero-order chi connectivity index (χ0) is 22.4. The summed E-state index contributed by atoms with van der Waals surface area (Å²) in [5, 5.41) is 0. The minimum absolute atomic E-state index is 0.0551. The molecule has 0 fully saturated rings. The Morgan fingerprint density at radius 2 is 1.58 bits per heavy atom. The second kappa shape index (κ2) is 10.0. The molecule has 0 aliphatic heterocycles. The Morgan fingerprint density at radius 1 is 0.903 bits per heavy atom. The largest absolute Gasteiger partial charge is 0.497 e. The average molecular weight is 455 g/mol. The Bertz CT molecular complexity index is 978. The molecule has 0 aliphatic carbocycles. The summed E-state index contributed by atoms with van der Waals surface area (Å²) in [4.78, 5) is 0. The van der Waals surface area contributed by atoms with Gasteiger partial charge in [-0.25, -0.2) is 4.39 Å². The maximum Gasteiger partial charge on any atom is 0.399 e. The second-order valence-corrected chi connectivity index (χ2v) is 7.06. The van der Waals surface area contributed by atoms with Crippen molar-refractivity contribution in [1.82, 2.24) is 0 Å². The van der Waals surface area contributed by atoms with Crippen LogP contribution in [0.2, 0.25) is 0 Å². The second-order valence-electron chi connectivity index (χ2n) is 6.63. The highest BCUT2D eigenvalue weighted by Crippen LogP contribution is 2.41. The van der Waals surface area contributed by atoms with E-state index in [2.05, 4.69) is 0 Å². The SMILES string of the molecule is COc1ccc(C(C(Cl)OCc2ccc(F)c(Oc3ccccc3)c2)C(F)(F)F)cc1. The minimum Gasteiger partial charge on any atom is -0.497 e. The lowest BCUT2D eigenvalue weighted by Gasteiger charge is -2.25. The molecule has 0 spiro atoms. The molecule has 2 atom stereocenters. The van der Waals surface area contributed by atoms with E-state index in [0.29, 0.717) is 17.1 Å². The standard InChI is InChI=1S/C23H19ClF4O3/c1-29-17-10-8-16(9-11-17)21(23(26,27)28)22(24)30-14-15-7-12-19(25)20(13-15)31-18-5-3-2-4-6-18/h2-13,21-22H,14H2,1H3. The summed E-state index contributed by atoms with van der Waals surface area (Å²) >= 11 is 6.01. The molecule has 0 aliphatic rings. The summed E-state index contributed by atoms with van der Waals surface area (Å²) in [5.41, 5.74) is -1.34. The minimum atomic E-state index is -4.63. The third kappa shape index (κ3) is 6.12. The van der Waals surface area contributed by atoms with Crippen molar-refractivity contribution in [2.75, 3.05) is 7.11 Å². The fourth-order valence-electron chi connectivity index (χ4n) is 2.90. The first-order valence-corrected chi connectivity index (χ1v) is 9.69. The molecule has 3 nitrogen and oxygen atoms in total. The van der Waals surface area contributed by atoms with E-state index in [0.717, 1.165) is 6.07 Å². The smallest absolute Gasteiger partial charge is 0.399 e. The van der Waals surface area contributed by atoms with Crippen LogP contribution in [-0.2, 0) is 11.3 Å². The van der Waals surface area contributed by atoms with Gasteiger partial charge in [-0.15, -0.1) is 0 Å². The van der Waals surface area contributed by atoms with Crippen LogP contribution in [0.4, 0.5) is 17.6 Å². The average Bonchev–Trinajstić information content (AvgIpc) is 2.74. The number of hydrogen-bond donors (Lipinski definition) is 0. The Labute approximate surface area is 182 Å². The van der Waals surface area contributed by atoms with Gasteiger partial charge in [-0.1, -0.05) is 48.0 Å². The van der Waals surface area contributed by atoms with Crippen molar-refractivity contribution in [2.45, 2.75) is 24.3 Å². The molecule has 3 aromatic carbocycles. The summed E-state index contributed by atoms with van der Waals surface area (Å²) in [6.07, 6.45) is -4.63. The van der Waals surface area contributed by atoms with E-state index in [1.54, 1.807) is 30.3 Å². The first-order valence-electron chi connectivity index (χ1n) is 9.25.